The Labute approximate surface area is 148 Å². The Morgan fingerprint density at radius 2 is 2.04 bits per heavy atom. The molecule has 0 bridgehead atoms. The molecule has 0 fully saturated rings. The van der Waals surface area contributed by atoms with Gasteiger partial charge in [-0.05, 0) is 43.3 Å². The van der Waals surface area contributed by atoms with Crippen molar-refractivity contribution in [3.8, 4) is 0 Å². The quantitative estimate of drug-likeness (QED) is 0.435. The number of sulfone groups is 1. The Balaban J connectivity index is 2.75. The molecule has 24 heavy (non-hydrogen) atoms. The fraction of sp³-hybridized carbons (Fsp3) is 0.467. The van der Waals surface area contributed by atoms with Crippen LogP contribution in [0.15, 0.2) is 23.1 Å². The van der Waals surface area contributed by atoms with Crippen LogP contribution in [0.5, 0.6) is 0 Å². The molecule has 0 atom stereocenters. The highest BCUT2D eigenvalue weighted by Crippen LogP contribution is 2.15. The van der Waals surface area contributed by atoms with Gasteiger partial charge in [-0.15, -0.1) is 0 Å². The number of hydrazine groups is 1. The molecule has 0 saturated heterocycles. The number of carbonyl (C=O) groups is 1. The van der Waals surface area contributed by atoms with E-state index in [0.29, 0.717) is 23.8 Å². The Bertz CT molecular complexity index is 705. The van der Waals surface area contributed by atoms with E-state index in [1.807, 2.05) is 0 Å². The van der Waals surface area contributed by atoms with Crippen LogP contribution in [0.25, 0.3) is 0 Å². The number of nitrogens with one attached hydrogen (secondary N) is 2. The lowest BCUT2D eigenvalue weighted by Gasteiger charge is -2.22. The highest BCUT2D eigenvalue weighted by atomic mass is 32.2. The topological polar surface area (TPSA) is 87.7 Å². The molecule has 0 aliphatic carbocycles. The van der Waals surface area contributed by atoms with E-state index >= 15 is 0 Å². The number of aryl methyl sites for hydroxylation is 1. The highest BCUT2D eigenvalue weighted by molar-refractivity contribution is 7.90. The van der Waals surface area contributed by atoms with Crippen LogP contribution in [0.3, 0.4) is 0 Å². The molecule has 0 aliphatic rings. The summed E-state index contributed by atoms with van der Waals surface area (Å²) in [5, 5.41) is 4.73. The summed E-state index contributed by atoms with van der Waals surface area (Å²) >= 11 is 5.18. The standard InChI is InChI=1S/C15H23N3O4S2/c1-11-6-7-12(24(4,20)21)10-13(11)14(19)17-18(2)15(23)16-8-5-9-22-3/h6-7,10H,5,8-9H2,1-4H3,(H,16,23)(H,17,19). The summed E-state index contributed by atoms with van der Waals surface area (Å²) in [6.45, 7) is 2.97. The van der Waals surface area contributed by atoms with Gasteiger partial charge in [-0.25, -0.2) is 8.42 Å². The number of rotatable bonds is 6. The van der Waals surface area contributed by atoms with Crippen LogP contribution in [0.1, 0.15) is 22.3 Å². The lowest BCUT2D eigenvalue weighted by Crippen LogP contribution is -2.48. The number of methoxy groups -OCH3 is 1. The molecule has 0 heterocycles. The lowest BCUT2D eigenvalue weighted by atomic mass is 10.1. The summed E-state index contributed by atoms with van der Waals surface area (Å²) in [4.78, 5) is 12.5. The molecule has 9 heteroatoms. The Morgan fingerprint density at radius 3 is 2.62 bits per heavy atom. The molecular weight excluding hydrogens is 350 g/mol. The first kappa shape index (κ1) is 20.3. The van der Waals surface area contributed by atoms with E-state index in [-0.39, 0.29) is 10.5 Å². The summed E-state index contributed by atoms with van der Waals surface area (Å²) < 4.78 is 28.2. The maximum absolute atomic E-state index is 12.4. The van der Waals surface area contributed by atoms with E-state index < -0.39 is 15.7 Å². The third-order valence-electron chi connectivity index (χ3n) is 3.26. The largest absolute Gasteiger partial charge is 0.385 e. The van der Waals surface area contributed by atoms with E-state index in [4.69, 9.17) is 17.0 Å². The van der Waals surface area contributed by atoms with Crippen molar-refractivity contribution in [1.29, 1.82) is 0 Å². The van der Waals surface area contributed by atoms with Crippen LogP contribution in [-0.2, 0) is 14.6 Å². The first-order valence-corrected chi connectivity index (χ1v) is 9.59. The minimum atomic E-state index is -3.38. The maximum Gasteiger partial charge on any atom is 0.270 e. The van der Waals surface area contributed by atoms with E-state index in [2.05, 4.69) is 10.7 Å². The summed E-state index contributed by atoms with van der Waals surface area (Å²) in [5.74, 6) is -0.429. The molecule has 0 saturated carbocycles. The van der Waals surface area contributed by atoms with E-state index in [1.165, 1.54) is 17.1 Å². The monoisotopic (exact) mass is 373 g/mol. The molecule has 2 N–H and O–H groups in total. The second kappa shape index (κ2) is 8.95. The average molecular weight is 374 g/mol. The fourth-order valence-corrected chi connectivity index (χ4v) is 2.66. The van der Waals surface area contributed by atoms with Crippen LogP contribution in [0.4, 0.5) is 0 Å². The molecule has 7 nitrogen and oxygen atoms in total. The third kappa shape index (κ3) is 6.06. The van der Waals surface area contributed by atoms with Crippen LogP contribution in [0, 0.1) is 6.92 Å². The highest BCUT2D eigenvalue weighted by Gasteiger charge is 2.16. The minimum absolute atomic E-state index is 0.0983. The van der Waals surface area contributed by atoms with Gasteiger partial charge < -0.3 is 10.1 Å². The first-order valence-electron chi connectivity index (χ1n) is 7.29. The van der Waals surface area contributed by atoms with Gasteiger partial charge in [-0.3, -0.25) is 15.2 Å². The predicted molar refractivity (Wildman–Crippen MR) is 96.6 cm³/mol. The molecule has 0 aromatic heterocycles. The van der Waals surface area contributed by atoms with Gasteiger partial charge in [0.2, 0.25) is 0 Å². The Morgan fingerprint density at radius 1 is 1.38 bits per heavy atom. The van der Waals surface area contributed by atoms with Gasteiger partial charge in [0.05, 0.1) is 4.90 Å². The smallest absolute Gasteiger partial charge is 0.270 e. The molecule has 0 radical (unpaired) electrons. The van der Waals surface area contributed by atoms with Crippen molar-refractivity contribution in [2.75, 3.05) is 33.6 Å². The van der Waals surface area contributed by atoms with Crippen molar-refractivity contribution in [3.05, 3.63) is 29.3 Å². The van der Waals surface area contributed by atoms with Gasteiger partial charge in [0.25, 0.3) is 5.91 Å². The first-order chi connectivity index (χ1) is 11.2. The van der Waals surface area contributed by atoms with Crippen molar-refractivity contribution in [2.24, 2.45) is 0 Å². The minimum Gasteiger partial charge on any atom is -0.385 e. The average Bonchev–Trinajstić information content (AvgIpc) is 2.50. The van der Waals surface area contributed by atoms with E-state index in [0.717, 1.165) is 12.7 Å². The molecule has 1 amide bonds. The normalized spacial score (nSPS) is 11.0. The van der Waals surface area contributed by atoms with Gasteiger partial charge in [-0.1, -0.05) is 6.07 Å². The number of carbonyl (C=O) groups excluding carboxylic acids is 1. The zero-order valence-electron chi connectivity index (χ0n) is 14.3. The van der Waals surface area contributed by atoms with Crippen LogP contribution in [-0.4, -0.2) is 58.0 Å². The van der Waals surface area contributed by atoms with E-state index in [9.17, 15) is 13.2 Å². The maximum atomic E-state index is 12.4. The Kier molecular flexibility index (Phi) is 7.59. The number of thiocarbonyl (C=S) groups is 1. The van der Waals surface area contributed by atoms with Crippen LogP contribution < -0.4 is 10.7 Å². The number of ether oxygens (including phenoxy) is 1. The SMILES string of the molecule is COCCCNC(=S)N(C)NC(=O)c1cc(S(C)(=O)=O)ccc1C. The van der Waals surface area contributed by atoms with Gasteiger partial charge in [-0.2, -0.15) is 0 Å². The molecule has 0 spiro atoms. The molecule has 1 rings (SSSR count). The van der Waals surface area contributed by atoms with Gasteiger partial charge in [0.15, 0.2) is 14.9 Å². The van der Waals surface area contributed by atoms with Gasteiger partial charge in [0, 0.05) is 39.1 Å². The van der Waals surface area contributed by atoms with Crippen molar-refractivity contribution in [3.63, 3.8) is 0 Å². The van der Waals surface area contributed by atoms with Gasteiger partial charge >= 0.3 is 0 Å². The van der Waals surface area contributed by atoms with Crippen LogP contribution >= 0.6 is 12.2 Å². The zero-order chi connectivity index (χ0) is 18.3. The lowest BCUT2D eigenvalue weighted by molar-refractivity contribution is 0.0885. The summed E-state index contributed by atoms with van der Waals surface area (Å²) in [5.41, 5.74) is 3.58. The van der Waals surface area contributed by atoms with E-state index in [1.54, 1.807) is 27.1 Å². The molecule has 0 unspecified atom stereocenters. The number of amides is 1. The zero-order valence-corrected chi connectivity index (χ0v) is 15.9. The fourth-order valence-electron chi connectivity index (χ4n) is 1.87. The van der Waals surface area contributed by atoms with Crippen molar-refractivity contribution >= 4 is 33.1 Å². The summed E-state index contributed by atoms with van der Waals surface area (Å²) in [6, 6.07) is 4.45. The number of hydrogen-bond donors (Lipinski definition) is 2. The number of benzene rings is 1. The molecule has 1 aromatic rings. The predicted octanol–water partition coefficient (Wildman–Crippen LogP) is 0.886. The summed E-state index contributed by atoms with van der Waals surface area (Å²) in [7, 11) is -0.148. The number of hydrogen-bond acceptors (Lipinski definition) is 5. The second-order valence-electron chi connectivity index (χ2n) is 5.33. The molecular formula is C15H23N3O4S2. The van der Waals surface area contributed by atoms with Crippen molar-refractivity contribution in [1.82, 2.24) is 15.8 Å². The molecule has 0 aliphatic heterocycles. The third-order valence-corrected chi connectivity index (χ3v) is 4.79. The molecule has 134 valence electrons. The Hall–Kier alpha value is -1.71. The van der Waals surface area contributed by atoms with Crippen LogP contribution in [0.2, 0.25) is 0 Å². The van der Waals surface area contributed by atoms with Crippen molar-refractivity contribution < 1.29 is 17.9 Å². The van der Waals surface area contributed by atoms with Gasteiger partial charge in [0.1, 0.15) is 0 Å². The number of nitrogens with zero attached hydrogens (tertiary/aromatic N) is 1. The molecule has 1 aromatic carbocycles. The second-order valence-corrected chi connectivity index (χ2v) is 7.73. The summed E-state index contributed by atoms with van der Waals surface area (Å²) in [6.07, 6.45) is 1.89. The van der Waals surface area contributed by atoms with Crippen molar-refractivity contribution in [2.45, 2.75) is 18.2 Å².